The number of benzene rings is 1. The zero-order chi connectivity index (χ0) is 17.1. The van der Waals surface area contributed by atoms with Crippen molar-refractivity contribution in [3.63, 3.8) is 0 Å². The number of furan rings is 1. The molecule has 2 aromatic heterocycles. The van der Waals surface area contributed by atoms with Crippen LogP contribution >= 0.6 is 15.9 Å². The molecule has 0 aliphatic heterocycles. The molecule has 128 valence electrons. The summed E-state index contributed by atoms with van der Waals surface area (Å²) in [6.07, 6.45) is 2.53. The third kappa shape index (κ3) is 3.21. The summed E-state index contributed by atoms with van der Waals surface area (Å²) in [5, 5.41) is 1.70. The lowest BCUT2D eigenvalue weighted by molar-refractivity contribution is -0.896. The number of ether oxygens (including phenoxy) is 1. The second-order valence-corrected chi connectivity index (χ2v) is 6.51. The van der Waals surface area contributed by atoms with E-state index in [1.807, 2.05) is 6.07 Å². The van der Waals surface area contributed by atoms with Gasteiger partial charge in [0.25, 0.3) is 0 Å². The van der Waals surface area contributed by atoms with Crippen molar-refractivity contribution < 1.29 is 18.5 Å². The molecule has 0 saturated carbocycles. The molecular weight excluding hydrogens is 374 g/mol. The summed E-state index contributed by atoms with van der Waals surface area (Å²) >= 11 is 3.56. The second-order valence-electron chi connectivity index (χ2n) is 5.71. The summed E-state index contributed by atoms with van der Waals surface area (Å²) in [7, 11) is 0. The van der Waals surface area contributed by atoms with E-state index in [4.69, 9.17) is 13.6 Å². The largest absolute Gasteiger partial charge is 0.486 e. The van der Waals surface area contributed by atoms with Gasteiger partial charge in [-0.3, -0.25) is 0 Å². The van der Waals surface area contributed by atoms with E-state index >= 15 is 0 Å². The molecule has 0 atom stereocenters. The first-order valence-corrected chi connectivity index (χ1v) is 9.03. The first-order chi connectivity index (χ1) is 11.7. The third-order valence-corrected chi connectivity index (χ3v) is 5.16. The number of rotatable bonds is 7. The van der Waals surface area contributed by atoms with Crippen LogP contribution in [0.4, 0.5) is 0 Å². The van der Waals surface area contributed by atoms with Gasteiger partial charge in [0, 0.05) is 27.7 Å². The summed E-state index contributed by atoms with van der Waals surface area (Å²) in [6.45, 7) is 8.18. The minimum Gasteiger partial charge on any atom is -0.486 e. The highest BCUT2D eigenvalue weighted by Gasteiger charge is 2.18. The Kier molecular flexibility index (Phi) is 5.26. The van der Waals surface area contributed by atoms with Crippen molar-refractivity contribution in [2.24, 2.45) is 0 Å². The fourth-order valence-electron chi connectivity index (χ4n) is 2.90. The Morgan fingerprint density at radius 1 is 1.12 bits per heavy atom. The molecule has 0 radical (unpaired) electrons. The normalized spacial score (nSPS) is 11.7. The number of hydrogen-bond donors (Lipinski definition) is 1. The highest BCUT2D eigenvalue weighted by Crippen LogP contribution is 2.40. The van der Waals surface area contributed by atoms with Crippen molar-refractivity contribution in [1.29, 1.82) is 0 Å². The molecule has 1 N–H and O–H groups in total. The number of quaternary nitrogens is 1. The summed E-state index contributed by atoms with van der Waals surface area (Å²) < 4.78 is 17.8. The average molecular weight is 395 g/mol. The zero-order valence-electron chi connectivity index (χ0n) is 13.9. The second kappa shape index (κ2) is 7.40. The van der Waals surface area contributed by atoms with E-state index in [1.165, 1.54) is 11.0 Å². The van der Waals surface area contributed by atoms with Crippen LogP contribution in [0.1, 0.15) is 20.3 Å². The first kappa shape index (κ1) is 17.0. The van der Waals surface area contributed by atoms with Crippen molar-refractivity contribution in [1.82, 2.24) is 0 Å². The maximum atomic E-state index is 11.6. The van der Waals surface area contributed by atoms with Gasteiger partial charge in [-0.25, -0.2) is 4.79 Å². The SMILES string of the molecule is CC[NH+](CC)CCCOc1c2occc2c(Br)c2ccc(=O)oc12. The molecule has 0 fully saturated rings. The predicted octanol–water partition coefficient (Wildman–Crippen LogP) is 3.00. The molecule has 0 spiro atoms. The lowest BCUT2D eigenvalue weighted by Crippen LogP contribution is -3.11. The van der Waals surface area contributed by atoms with Gasteiger partial charge < -0.3 is 18.5 Å². The van der Waals surface area contributed by atoms with Gasteiger partial charge in [0.1, 0.15) is 0 Å². The van der Waals surface area contributed by atoms with Crippen molar-refractivity contribution in [2.45, 2.75) is 20.3 Å². The van der Waals surface area contributed by atoms with Crippen LogP contribution < -0.4 is 15.3 Å². The summed E-state index contributed by atoms with van der Waals surface area (Å²) in [5.74, 6) is 0.500. The van der Waals surface area contributed by atoms with Crippen molar-refractivity contribution in [3.05, 3.63) is 39.4 Å². The molecule has 0 amide bonds. The van der Waals surface area contributed by atoms with Crippen molar-refractivity contribution in [2.75, 3.05) is 26.2 Å². The van der Waals surface area contributed by atoms with Gasteiger partial charge >= 0.3 is 5.63 Å². The van der Waals surface area contributed by atoms with Crippen LogP contribution in [-0.2, 0) is 0 Å². The lowest BCUT2D eigenvalue weighted by Gasteiger charge is -2.15. The number of hydrogen-bond acceptors (Lipinski definition) is 4. The minimum absolute atomic E-state index is 0.405. The zero-order valence-corrected chi connectivity index (χ0v) is 15.4. The molecule has 3 rings (SSSR count). The van der Waals surface area contributed by atoms with Crippen LogP contribution in [0, 0.1) is 0 Å². The van der Waals surface area contributed by atoms with Crippen LogP contribution in [0.3, 0.4) is 0 Å². The molecule has 0 aliphatic rings. The molecule has 0 saturated heterocycles. The molecule has 3 aromatic rings. The average Bonchev–Trinajstić information content (AvgIpc) is 3.07. The van der Waals surface area contributed by atoms with Crippen LogP contribution in [0.25, 0.3) is 21.9 Å². The van der Waals surface area contributed by atoms with Gasteiger partial charge in [-0.1, -0.05) is 0 Å². The van der Waals surface area contributed by atoms with E-state index < -0.39 is 5.63 Å². The third-order valence-electron chi connectivity index (χ3n) is 4.31. The molecule has 1 aromatic carbocycles. The van der Waals surface area contributed by atoms with Crippen LogP contribution in [-0.4, -0.2) is 26.2 Å². The van der Waals surface area contributed by atoms with E-state index in [9.17, 15) is 4.79 Å². The minimum atomic E-state index is -0.405. The fourth-order valence-corrected chi connectivity index (χ4v) is 3.52. The molecule has 0 unspecified atom stereocenters. The van der Waals surface area contributed by atoms with Crippen molar-refractivity contribution in [3.8, 4) is 5.75 Å². The Morgan fingerprint density at radius 2 is 1.88 bits per heavy atom. The van der Waals surface area contributed by atoms with Crippen molar-refractivity contribution >= 4 is 37.9 Å². The summed E-state index contributed by atoms with van der Waals surface area (Å²) in [4.78, 5) is 13.2. The van der Waals surface area contributed by atoms with E-state index in [0.717, 1.165) is 41.3 Å². The molecule has 5 nitrogen and oxygen atoms in total. The topological polar surface area (TPSA) is 57.0 Å². The molecule has 24 heavy (non-hydrogen) atoms. The Bertz CT molecular complexity index is 895. The summed E-state index contributed by atoms with van der Waals surface area (Å²) in [6, 6.07) is 5.02. The van der Waals surface area contributed by atoms with Gasteiger partial charge in [0.05, 0.1) is 32.5 Å². The number of fused-ring (bicyclic) bond motifs is 2. The maximum Gasteiger partial charge on any atom is 0.336 e. The predicted molar refractivity (Wildman–Crippen MR) is 97.0 cm³/mol. The Balaban J connectivity index is 1.93. The van der Waals surface area contributed by atoms with E-state index in [1.54, 1.807) is 12.3 Å². The standard InChI is InChI=1S/C18H20BrNO4/c1-3-20(4-2)9-5-10-22-18-16-13(8-11-23-16)15(19)12-6-7-14(21)24-17(12)18/h6-8,11H,3-5,9-10H2,1-2H3/p+1. The van der Waals surface area contributed by atoms with Crippen LogP contribution in [0.15, 0.2) is 42.6 Å². The molecule has 6 heteroatoms. The number of nitrogens with one attached hydrogen (secondary N) is 1. The van der Waals surface area contributed by atoms with E-state index in [2.05, 4.69) is 29.8 Å². The fraction of sp³-hybridized carbons (Fsp3) is 0.389. The lowest BCUT2D eigenvalue weighted by atomic mass is 10.1. The van der Waals surface area contributed by atoms with Crippen LogP contribution in [0.5, 0.6) is 5.75 Å². The highest BCUT2D eigenvalue weighted by atomic mass is 79.9. The maximum absolute atomic E-state index is 11.6. The highest BCUT2D eigenvalue weighted by molar-refractivity contribution is 9.10. The van der Waals surface area contributed by atoms with Crippen LogP contribution in [0.2, 0.25) is 0 Å². The van der Waals surface area contributed by atoms with Gasteiger partial charge in [0.2, 0.25) is 5.75 Å². The van der Waals surface area contributed by atoms with E-state index in [-0.39, 0.29) is 0 Å². The van der Waals surface area contributed by atoms with Gasteiger partial charge in [-0.2, -0.15) is 0 Å². The molecule has 0 bridgehead atoms. The molecule has 2 heterocycles. The molecular formula is C18H21BrNO4+. The Hall–Kier alpha value is -1.79. The molecule has 0 aliphatic carbocycles. The monoisotopic (exact) mass is 394 g/mol. The van der Waals surface area contributed by atoms with Gasteiger partial charge in [-0.05, 0) is 41.9 Å². The van der Waals surface area contributed by atoms with Gasteiger partial charge in [0.15, 0.2) is 11.2 Å². The quantitative estimate of drug-likeness (QED) is 0.494. The van der Waals surface area contributed by atoms with Gasteiger partial charge in [-0.15, -0.1) is 0 Å². The first-order valence-electron chi connectivity index (χ1n) is 8.24. The smallest absolute Gasteiger partial charge is 0.336 e. The summed E-state index contributed by atoms with van der Waals surface area (Å²) in [5.41, 5.74) is 0.615. The van der Waals surface area contributed by atoms with E-state index in [0.29, 0.717) is 23.5 Å². The Labute approximate surface area is 148 Å². The Morgan fingerprint density at radius 3 is 2.62 bits per heavy atom. The number of halogens is 1.